The van der Waals surface area contributed by atoms with Crippen LogP contribution >= 0.6 is 11.3 Å². The molecule has 1 aliphatic rings. The number of amides is 2. The average molecular weight is 389 g/mol. The van der Waals surface area contributed by atoms with E-state index in [2.05, 4.69) is 33.7 Å². The Morgan fingerprint density at radius 2 is 2.04 bits per heavy atom. The highest BCUT2D eigenvalue weighted by Gasteiger charge is 2.25. The first kappa shape index (κ1) is 19.8. The molecule has 0 aliphatic carbocycles. The lowest BCUT2D eigenvalue weighted by Gasteiger charge is -2.30. The number of aromatic nitrogens is 1. The third-order valence-electron chi connectivity index (χ3n) is 4.93. The van der Waals surface area contributed by atoms with Crippen molar-refractivity contribution in [1.29, 1.82) is 0 Å². The Balaban J connectivity index is 1.45. The van der Waals surface area contributed by atoms with Gasteiger partial charge < -0.3 is 10.6 Å². The lowest BCUT2D eigenvalue weighted by Crippen LogP contribution is -2.49. The van der Waals surface area contributed by atoms with Crippen LogP contribution in [0.1, 0.15) is 44.0 Å². The van der Waals surface area contributed by atoms with Crippen LogP contribution in [0, 0.1) is 0 Å². The molecule has 2 amide bonds. The summed E-state index contributed by atoms with van der Waals surface area (Å²) in [4.78, 5) is 31.0. The Hall–Kier alpha value is -1.99. The van der Waals surface area contributed by atoms with Crippen LogP contribution in [0.4, 0.5) is 0 Å². The fraction of sp³-hybridized carbons (Fsp3) is 0.550. The van der Waals surface area contributed by atoms with E-state index in [9.17, 15) is 9.59 Å². The van der Waals surface area contributed by atoms with Crippen LogP contribution in [0.25, 0.3) is 10.2 Å². The Labute approximate surface area is 164 Å². The third-order valence-corrected chi connectivity index (χ3v) is 6.13. The minimum Gasteiger partial charge on any atom is -0.354 e. The van der Waals surface area contributed by atoms with Gasteiger partial charge in [0, 0.05) is 12.5 Å². The van der Waals surface area contributed by atoms with Gasteiger partial charge in [0.15, 0.2) is 0 Å². The second-order valence-corrected chi connectivity index (χ2v) is 8.21. The van der Waals surface area contributed by atoms with Crippen molar-refractivity contribution in [2.45, 2.75) is 45.1 Å². The summed E-state index contributed by atoms with van der Waals surface area (Å²) in [5, 5.41) is 6.81. The molecule has 1 fully saturated rings. The quantitative estimate of drug-likeness (QED) is 0.764. The van der Waals surface area contributed by atoms with E-state index in [-0.39, 0.29) is 11.8 Å². The zero-order valence-corrected chi connectivity index (χ0v) is 16.8. The van der Waals surface area contributed by atoms with Gasteiger partial charge in [0.2, 0.25) is 11.8 Å². The number of nitrogens with one attached hydrogen (secondary N) is 2. The lowest BCUT2D eigenvalue weighted by atomic mass is 9.97. The van der Waals surface area contributed by atoms with Crippen molar-refractivity contribution in [2.24, 2.45) is 0 Å². The Morgan fingerprint density at radius 3 is 2.74 bits per heavy atom. The summed E-state index contributed by atoms with van der Waals surface area (Å²) >= 11 is 1.78. The smallest absolute Gasteiger partial charge is 0.242 e. The molecule has 0 bridgehead atoms. The molecule has 2 heterocycles. The Morgan fingerprint density at radius 1 is 1.30 bits per heavy atom. The minimum atomic E-state index is -0.496. The predicted molar refractivity (Wildman–Crippen MR) is 109 cm³/mol. The molecule has 7 heteroatoms. The van der Waals surface area contributed by atoms with Crippen LogP contribution in [0.5, 0.6) is 0 Å². The summed E-state index contributed by atoms with van der Waals surface area (Å²) in [6, 6.07) is 7.76. The maximum absolute atomic E-state index is 12.2. The highest BCUT2D eigenvalue weighted by atomic mass is 32.1. The number of hydrogen-bond donors (Lipinski definition) is 2. The number of para-hydroxylation sites is 1. The first-order valence-electron chi connectivity index (χ1n) is 9.71. The van der Waals surface area contributed by atoms with Gasteiger partial charge in [-0.15, -0.1) is 11.3 Å². The van der Waals surface area contributed by atoms with Crippen LogP contribution in [-0.2, 0) is 9.59 Å². The molecule has 1 atom stereocenters. The van der Waals surface area contributed by atoms with Gasteiger partial charge in [-0.05, 0) is 51.4 Å². The molecular formula is C20H28N4O2S. The molecule has 1 saturated heterocycles. The largest absolute Gasteiger partial charge is 0.354 e. The monoisotopic (exact) mass is 388 g/mol. The summed E-state index contributed by atoms with van der Waals surface area (Å²) in [7, 11) is 0. The summed E-state index contributed by atoms with van der Waals surface area (Å²) in [6.07, 6.45) is 2.91. The molecular weight excluding hydrogens is 360 g/mol. The molecule has 27 heavy (non-hydrogen) atoms. The van der Waals surface area contributed by atoms with E-state index in [1.54, 1.807) is 18.3 Å². The zero-order valence-electron chi connectivity index (χ0n) is 16.0. The Bertz CT molecular complexity index is 750. The minimum absolute atomic E-state index is 0.0902. The summed E-state index contributed by atoms with van der Waals surface area (Å²) < 4.78 is 1.24. The molecule has 6 nitrogen and oxygen atoms in total. The van der Waals surface area contributed by atoms with E-state index in [0.29, 0.717) is 19.0 Å². The number of thiazole rings is 1. The molecule has 2 N–H and O–H groups in total. The molecule has 146 valence electrons. The van der Waals surface area contributed by atoms with Crippen LogP contribution in [0.2, 0.25) is 0 Å². The molecule has 2 aromatic rings. The van der Waals surface area contributed by atoms with E-state index in [1.165, 1.54) is 9.71 Å². The lowest BCUT2D eigenvalue weighted by molar-refractivity contribution is -0.129. The number of likely N-dealkylation sites (tertiary alicyclic amines) is 1. The number of piperidine rings is 1. The normalized spacial score (nSPS) is 17.0. The first-order valence-corrected chi connectivity index (χ1v) is 10.5. The Kier molecular flexibility index (Phi) is 6.79. The molecule has 1 aromatic heterocycles. The van der Waals surface area contributed by atoms with E-state index < -0.39 is 6.04 Å². The highest BCUT2D eigenvalue weighted by molar-refractivity contribution is 7.18. The van der Waals surface area contributed by atoms with Crippen molar-refractivity contribution >= 4 is 33.4 Å². The number of hydrogen-bond acceptors (Lipinski definition) is 5. The molecule has 0 saturated carbocycles. The SMILES string of the molecule is CCCNC(=O)[C@@H](C)NC(=O)CN1CCC(c2nc3ccccc3s2)CC1. The van der Waals surface area contributed by atoms with Crippen molar-refractivity contribution in [3.05, 3.63) is 29.3 Å². The number of fused-ring (bicyclic) bond motifs is 1. The molecule has 1 aromatic carbocycles. The van der Waals surface area contributed by atoms with E-state index in [0.717, 1.165) is 37.9 Å². The van der Waals surface area contributed by atoms with E-state index in [4.69, 9.17) is 4.98 Å². The van der Waals surface area contributed by atoms with Crippen molar-refractivity contribution < 1.29 is 9.59 Å². The number of carbonyl (C=O) groups excluding carboxylic acids is 2. The van der Waals surface area contributed by atoms with Gasteiger partial charge >= 0.3 is 0 Å². The van der Waals surface area contributed by atoms with Crippen molar-refractivity contribution in [1.82, 2.24) is 20.5 Å². The summed E-state index contributed by atoms with van der Waals surface area (Å²) in [6.45, 7) is 6.47. The molecule has 0 unspecified atom stereocenters. The molecule has 3 rings (SSSR count). The fourth-order valence-electron chi connectivity index (χ4n) is 3.36. The second kappa shape index (κ2) is 9.28. The van der Waals surface area contributed by atoms with Gasteiger partial charge in [-0.3, -0.25) is 14.5 Å². The predicted octanol–water partition coefficient (Wildman–Crippen LogP) is 2.51. The second-order valence-electron chi connectivity index (χ2n) is 7.15. The van der Waals surface area contributed by atoms with Crippen molar-refractivity contribution in [3.8, 4) is 0 Å². The molecule has 0 spiro atoms. The van der Waals surface area contributed by atoms with Gasteiger partial charge in [0.25, 0.3) is 0 Å². The van der Waals surface area contributed by atoms with Crippen molar-refractivity contribution in [3.63, 3.8) is 0 Å². The van der Waals surface area contributed by atoms with Crippen LogP contribution in [0.15, 0.2) is 24.3 Å². The zero-order chi connectivity index (χ0) is 19.2. The third kappa shape index (κ3) is 5.26. The fourth-order valence-corrected chi connectivity index (χ4v) is 4.50. The summed E-state index contributed by atoms with van der Waals surface area (Å²) in [5.41, 5.74) is 1.08. The standard InChI is InChI=1S/C20H28N4O2S/c1-3-10-21-19(26)14(2)22-18(25)13-24-11-8-15(9-12-24)20-23-16-6-4-5-7-17(16)27-20/h4-7,14-15H,3,8-13H2,1-2H3,(H,21,26)(H,22,25)/t14-/m1/s1. The number of benzene rings is 1. The summed E-state index contributed by atoms with van der Waals surface area (Å²) in [5.74, 6) is 0.257. The van der Waals surface area contributed by atoms with E-state index >= 15 is 0 Å². The maximum Gasteiger partial charge on any atom is 0.242 e. The average Bonchev–Trinajstić information content (AvgIpc) is 3.10. The van der Waals surface area contributed by atoms with Crippen LogP contribution in [-0.4, -0.2) is 53.9 Å². The number of rotatable bonds is 7. The van der Waals surface area contributed by atoms with Gasteiger partial charge in [-0.1, -0.05) is 19.1 Å². The highest BCUT2D eigenvalue weighted by Crippen LogP contribution is 2.33. The van der Waals surface area contributed by atoms with Crippen molar-refractivity contribution in [2.75, 3.05) is 26.2 Å². The molecule has 0 radical (unpaired) electrons. The number of carbonyl (C=O) groups is 2. The van der Waals surface area contributed by atoms with Crippen LogP contribution in [0.3, 0.4) is 0 Å². The first-order chi connectivity index (χ1) is 13.1. The van der Waals surface area contributed by atoms with Gasteiger partial charge in [-0.25, -0.2) is 4.98 Å². The van der Waals surface area contributed by atoms with Gasteiger partial charge in [0.1, 0.15) is 6.04 Å². The maximum atomic E-state index is 12.2. The van der Waals surface area contributed by atoms with Gasteiger partial charge in [-0.2, -0.15) is 0 Å². The number of nitrogens with zero attached hydrogens (tertiary/aromatic N) is 2. The molecule has 1 aliphatic heterocycles. The topological polar surface area (TPSA) is 74.3 Å². The van der Waals surface area contributed by atoms with E-state index in [1.807, 2.05) is 13.0 Å². The van der Waals surface area contributed by atoms with Crippen LogP contribution < -0.4 is 10.6 Å². The van der Waals surface area contributed by atoms with Gasteiger partial charge in [0.05, 0.1) is 21.8 Å².